The predicted molar refractivity (Wildman–Crippen MR) is 64.0 cm³/mol. The molecule has 15 heavy (non-hydrogen) atoms. The van der Waals surface area contributed by atoms with Crippen LogP contribution in [0.2, 0.25) is 0 Å². The van der Waals surface area contributed by atoms with E-state index in [1.165, 1.54) is 32.1 Å². The molecule has 0 aromatic carbocycles. The van der Waals surface area contributed by atoms with E-state index in [9.17, 15) is 0 Å². The van der Waals surface area contributed by atoms with Crippen molar-refractivity contribution >= 4 is 15.9 Å². The zero-order valence-electron chi connectivity index (χ0n) is 8.90. The molecule has 0 aliphatic heterocycles. The van der Waals surface area contributed by atoms with E-state index in [2.05, 4.69) is 31.7 Å². The van der Waals surface area contributed by atoms with Crippen LogP contribution in [0.3, 0.4) is 0 Å². The number of rotatable bonds is 2. The van der Waals surface area contributed by atoms with Crippen LogP contribution in [0.25, 0.3) is 0 Å². The number of nitrogens with zero attached hydrogens (tertiary/aromatic N) is 2. The molecule has 1 atom stereocenters. The van der Waals surface area contributed by atoms with Crippen LogP contribution < -0.4 is 0 Å². The van der Waals surface area contributed by atoms with Crippen molar-refractivity contribution in [3.05, 3.63) is 18.2 Å². The predicted octanol–water partition coefficient (Wildman–Crippen LogP) is 3.53. The third kappa shape index (κ3) is 1.75. The zero-order chi connectivity index (χ0) is 10.3. The summed E-state index contributed by atoms with van der Waals surface area (Å²) in [6.45, 7) is 0. The van der Waals surface area contributed by atoms with Gasteiger partial charge >= 0.3 is 0 Å². The lowest BCUT2D eigenvalue weighted by molar-refractivity contribution is 0.105. The highest BCUT2D eigenvalue weighted by Crippen LogP contribution is 2.47. The minimum Gasteiger partial charge on any atom is -0.334 e. The lowest BCUT2D eigenvalue weighted by atomic mass is 9.68. The maximum Gasteiger partial charge on any atom is 0.0952 e. The van der Waals surface area contributed by atoms with E-state index >= 15 is 0 Å². The van der Waals surface area contributed by atoms with Crippen LogP contribution in [0.5, 0.6) is 0 Å². The first-order valence-corrected chi connectivity index (χ1v) is 7.07. The van der Waals surface area contributed by atoms with Crippen LogP contribution in [0.4, 0.5) is 0 Å². The van der Waals surface area contributed by atoms with Crippen LogP contribution in [0.1, 0.15) is 43.8 Å². The molecule has 0 amide bonds. The first kappa shape index (κ1) is 9.88. The molecule has 82 valence electrons. The third-order valence-electron chi connectivity index (χ3n) is 4.19. The lowest BCUT2D eigenvalue weighted by Gasteiger charge is -2.42. The van der Waals surface area contributed by atoms with Crippen LogP contribution in [0, 0.1) is 11.8 Å². The second kappa shape index (κ2) is 3.93. The van der Waals surface area contributed by atoms with Gasteiger partial charge in [0.25, 0.3) is 0 Å². The molecule has 0 spiro atoms. The Morgan fingerprint density at radius 3 is 2.67 bits per heavy atom. The van der Waals surface area contributed by atoms with Gasteiger partial charge in [-0.2, -0.15) is 0 Å². The first-order chi connectivity index (χ1) is 7.36. The van der Waals surface area contributed by atoms with Crippen LogP contribution in [-0.2, 0) is 5.33 Å². The standard InChI is InChI=1S/C12H17BrN2/c13-6-11-7-15(8-14-11)12-5-9-1-3-10(12)4-2-9/h7-10,12H,1-6H2. The lowest BCUT2D eigenvalue weighted by Crippen LogP contribution is -2.32. The smallest absolute Gasteiger partial charge is 0.0952 e. The van der Waals surface area contributed by atoms with Gasteiger partial charge < -0.3 is 4.57 Å². The van der Waals surface area contributed by atoms with Crippen LogP contribution in [-0.4, -0.2) is 9.55 Å². The fourth-order valence-corrected chi connectivity index (χ4v) is 3.63. The molecule has 2 bridgehead atoms. The van der Waals surface area contributed by atoms with E-state index in [1.807, 2.05) is 6.33 Å². The summed E-state index contributed by atoms with van der Waals surface area (Å²) >= 11 is 3.46. The molecule has 0 N–H and O–H groups in total. The number of alkyl halides is 1. The molecule has 3 aliphatic rings. The van der Waals surface area contributed by atoms with Gasteiger partial charge in [-0.25, -0.2) is 4.98 Å². The van der Waals surface area contributed by atoms with E-state index in [4.69, 9.17) is 0 Å². The summed E-state index contributed by atoms with van der Waals surface area (Å²) in [4.78, 5) is 4.41. The summed E-state index contributed by atoms with van der Waals surface area (Å²) in [5, 5.41) is 0.876. The van der Waals surface area contributed by atoms with Crippen molar-refractivity contribution in [3.8, 4) is 0 Å². The highest BCUT2D eigenvalue weighted by Gasteiger charge is 2.36. The van der Waals surface area contributed by atoms with Gasteiger partial charge in [-0.3, -0.25) is 0 Å². The molecule has 0 saturated heterocycles. The molecule has 2 nitrogen and oxygen atoms in total. The van der Waals surface area contributed by atoms with Crippen LogP contribution in [0.15, 0.2) is 12.5 Å². The van der Waals surface area contributed by atoms with Crippen molar-refractivity contribution in [1.29, 1.82) is 0 Å². The fraction of sp³-hybridized carbons (Fsp3) is 0.750. The van der Waals surface area contributed by atoms with E-state index < -0.39 is 0 Å². The maximum atomic E-state index is 4.41. The third-order valence-corrected chi connectivity index (χ3v) is 4.76. The first-order valence-electron chi connectivity index (χ1n) is 5.95. The van der Waals surface area contributed by atoms with E-state index in [-0.39, 0.29) is 0 Å². The number of imidazole rings is 1. The molecule has 3 fully saturated rings. The summed E-state index contributed by atoms with van der Waals surface area (Å²) in [5.74, 6) is 1.92. The zero-order valence-corrected chi connectivity index (χ0v) is 10.5. The Morgan fingerprint density at radius 1 is 1.33 bits per heavy atom. The van der Waals surface area contributed by atoms with E-state index in [0.29, 0.717) is 0 Å². The average Bonchev–Trinajstić information content (AvgIpc) is 2.79. The molecular formula is C12H17BrN2. The van der Waals surface area contributed by atoms with E-state index in [1.54, 1.807) is 0 Å². The molecule has 0 radical (unpaired) electrons. The molecule has 1 aromatic heterocycles. The highest BCUT2D eigenvalue weighted by atomic mass is 79.9. The summed E-state index contributed by atoms with van der Waals surface area (Å²) < 4.78 is 2.37. The highest BCUT2D eigenvalue weighted by molar-refractivity contribution is 9.08. The molecule has 3 aliphatic carbocycles. The molecule has 3 saturated carbocycles. The largest absolute Gasteiger partial charge is 0.334 e. The molecular weight excluding hydrogens is 252 g/mol. The van der Waals surface area contributed by atoms with Crippen molar-refractivity contribution < 1.29 is 0 Å². The van der Waals surface area contributed by atoms with Gasteiger partial charge in [0.15, 0.2) is 0 Å². The minimum absolute atomic E-state index is 0.748. The Morgan fingerprint density at radius 2 is 2.13 bits per heavy atom. The summed E-state index contributed by atoms with van der Waals surface area (Å²) in [6.07, 6.45) is 11.5. The summed E-state index contributed by atoms with van der Waals surface area (Å²) in [7, 11) is 0. The number of hydrogen-bond donors (Lipinski definition) is 0. The molecule has 1 unspecified atom stereocenters. The molecule has 3 heteroatoms. The minimum atomic E-state index is 0.748. The number of hydrogen-bond acceptors (Lipinski definition) is 1. The van der Waals surface area contributed by atoms with Crippen molar-refractivity contribution in [1.82, 2.24) is 9.55 Å². The van der Waals surface area contributed by atoms with Crippen molar-refractivity contribution in [2.45, 2.75) is 43.5 Å². The van der Waals surface area contributed by atoms with Gasteiger partial charge in [0, 0.05) is 17.6 Å². The number of fused-ring (bicyclic) bond motifs is 3. The Hall–Kier alpha value is -0.310. The van der Waals surface area contributed by atoms with Gasteiger partial charge in [0.05, 0.1) is 12.0 Å². The topological polar surface area (TPSA) is 17.8 Å². The normalized spacial score (nSPS) is 34.6. The maximum absolute atomic E-state index is 4.41. The second-order valence-electron chi connectivity index (χ2n) is 5.03. The molecule has 1 heterocycles. The summed E-state index contributed by atoms with van der Waals surface area (Å²) in [6, 6.07) is 0.748. The van der Waals surface area contributed by atoms with Gasteiger partial charge in [-0.15, -0.1) is 0 Å². The number of halogens is 1. The van der Waals surface area contributed by atoms with Gasteiger partial charge in [-0.1, -0.05) is 28.8 Å². The second-order valence-corrected chi connectivity index (χ2v) is 5.59. The number of aromatic nitrogens is 2. The quantitative estimate of drug-likeness (QED) is 0.751. The van der Waals surface area contributed by atoms with Crippen molar-refractivity contribution in [3.63, 3.8) is 0 Å². The van der Waals surface area contributed by atoms with Gasteiger partial charge in [-0.05, 0) is 31.1 Å². The Bertz CT molecular complexity index is 339. The van der Waals surface area contributed by atoms with E-state index in [0.717, 1.165) is 28.9 Å². The van der Waals surface area contributed by atoms with Gasteiger partial charge in [0.1, 0.15) is 0 Å². The Balaban J connectivity index is 1.81. The van der Waals surface area contributed by atoms with Crippen molar-refractivity contribution in [2.75, 3.05) is 0 Å². The van der Waals surface area contributed by atoms with Gasteiger partial charge in [0.2, 0.25) is 0 Å². The monoisotopic (exact) mass is 268 g/mol. The van der Waals surface area contributed by atoms with Crippen LogP contribution >= 0.6 is 15.9 Å². The Kier molecular flexibility index (Phi) is 2.59. The Labute approximate surface area is 99.2 Å². The van der Waals surface area contributed by atoms with Crippen molar-refractivity contribution in [2.24, 2.45) is 11.8 Å². The summed E-state index contributed by atoms with van der Waals surface area (Å²) in [5.41, 5.74) is 1.16. The molecule has 1 aromatic rings. The fourth-order valence-electron chi connectivity index (χ4n) is 3.34. The molecule has 4 rings (SSSR count). The SMILES string of the molecule is BrCc1cn(C2CC3CCC2CC3)cn1. The average molecular weight is 269 g/mol.